The number of amides is 1. The van der Waals surface area contributed by atoms with Crippen LogP contribution in [0.15, 0.2) is 34.7 Å². The van der Waals surface area contributed by atoms with Crippen molar-refractivity contribution in [2.45, 2.75) is 31.8 Å². The average molecular weight is 336 g/mol. The Balaban J connectivity index is 1.78. The van der Waals surface area contributed by atoms with Crippen molar-refractivity contribution in [3.63, 3.8) is 0 Å². The Morgan fingerprint density at radius 1 is 1.30 bits per heavy atom. The van der Waals surface area contributed by atoms with Gasteiger partial charge in [-0.3, -0.25) is 4.79 Å². The summed E-state index contributed by atoms with van der Waals surface area (Å²) in [5.74, 6) is 0.700. The summed E-state index contributed by atoms with van der Waals surface area (Å²) in [7, 11) is -3.43. The highest BCUT2D eigenvalue weighted by atomic mass is 32.2. The van der Waals surface area contributed by atoms with Crippen molar-refractivity contribution in [1.29, 1.82) is 0 Å². The molecular weight excluding hydrogens is 316 g/mol. The minimum Gasteiger partial charge on any atom is -0.459 e. The molecule has 1 aliphatic rings. The number of fused-ring (bicyclic) bond motifs is 1. The van der Waals surface area contributed by atoms with E-state index >= 15 is 0 Å². The van der Waals surface area contributed by atoms with Crippen molar-refractivity contribution in [3.8, 4) is 0 Å². The third-order valence-corrected chi connectivity index (χ3v) is 4.71. The van der Waals surface area contributed by atoms with Gasteiger partial charge in [-0.05, 0) is 37.8 Å². The van der Waals surface area contributed by atoms with Gasteiger partial charge in [0.2, 0.25) is 15.9 Å². The van der Waals surface area contributed by atoms with Gasteiger partial charge in [-0.1, -0.05) is 18.2 Å². The van der Waals surface area contributed by atoms with Gasteiger partial charge in [0.15, 0.2) is 0 Å². The highest BCUT2D eigenvalue weighted by molar-refractivity contribution is 7.88. The van der Waals surface area contributed by atoms with E-state index in [9.17, 15) is 13.2 Å². The molecule has 2 atom stereocenters. The number of sulfonamides is 1. The van der Waals surface area contributed by atoms with Gasteiger partial charge in [0, 0.05) is 5.39 Å². The van der Waals surface area contributed by atoms with Gasteiger partial charge in [-0.2, -0.15) is 0 Å². The topological polar surface area (TPSA) is 88.4 Å². The first kappa shape index (κ1) is 16.0. The van der Waals surface area contributed by atoms with Gasteiger partial charge in [0.1, 0.15) is 11.3 Å². The van der Waals surface area contributed by atoms with Crippen molar-refractivity contribution < 1.29 is 17.6 Å². The largest absolute Gasteiger partial charge is 0.459 e. The van der Waals surface area contributed by atoms with Crippen LogP contribution in [-0.2, 0) is 14.8 Å². The second kappa shape index (κ2) is 5.98. The summed E-state index contributed by atoms with van der Waals surface area (Å²) in [5, 5.41) is 3.91. The minimum absolute atomic E-state index is 0.223. The number of furan rings is 1. The summed E-state index contributed by atoms with van der Waals surface area (Å²) in [4.78, 5) is 12.3. The van der Waals surface area contributed by atoms with Crippen molar-refractivity contribution >= 4 is 26.9 Å². The lowest BCUT2D eigenvalue weighted by molar-refractivity contribution is -0.123. The van der Waals surface area contributed by atoms with E-state index in [1.54, 1.807) is 0 Å². The molecule has 1 aliphatic carbocycles. The highest BCUT2D eigenvalue weighted by Crippen LogP contribution is 2.42. The van der Waals surface area contributed by atoms with E-state index in [2.05, 4.69) is 10.0 Å². The Hall–Kier alpha value is -1.86. The maximum atomic E-state index is 12.3. The smallest absolute Gasteiger partial charge is 0.238 e. The average Bonchev–Trinajstić information content (AvgIpc) is 3.20. The van der Waals surface area contributed by atoms with Crippen molar-refractivity contribution in [3.05, 3.63) is 36.1 Å². The zero-order valence-corrected chi connectivity index (χ0v) is 13.9. The number of hydrogen-bond donors (Lipinski definition) is 2. The van der Waals surface area contributed by atoms with E-state index in [0.29, 0.717) is 11.7 Å². The van der Waals surface area contributed by atoms with Crippen LogP contribution in [0.4, 0.5) is 0 Å². The molecule has 0 saturated heterocycles. The molecule has 1 amide bonds. The summed E-state index contributed by atoms with van der Waals surface area (Å²) in [6.45, 7) is 1.53. The fraction of sp³-hybridized carbons (Fsp3) is 0.438. The Bertz CT molecular complexity index is 790. The third kappa shape index (κ3) is 3.92. The number of rotatable bonds is 6. The molecule has 0 radical (unpaired) electrons. The Labute approximate surface area is 135 Å². The second-order valence-corrected chi connectivity index (χ2v) is 7.90. The zero-order valence-electron chi connectivity index (χ0n) is 13.1. The van der Waals surface area contributed by atoms with Crippen LogP contribution in [0.3, 0.4) is 0 Å². The molecule has 23 heavy (non-hydrogen) atoms. The molecule has 2 aromatic rings. The summed E-state index contributed by atoms with van der Waals surface area (Å²) in [6.07, 6.45) is 3.08. The molecule has 1 aromatic carbocycles. The molecule has 0 spiro atoms. The van der Waals surface area contributed by atoms with Gasteiger partial charge in [-0.25, -0.2) is 13.1 Å². The van der Waals surface area contributed by atoms with Crippen molar-refractivity contribution in [1.82, 2.24) is 10.0 Å². The van der Waals surface area contributed by atoms with Gasteiger partial charge in [-0.15, -0.1) is 0 Å². The quantitative estimate of drug-likeness (QED) is 0.844. The Morgan fingerprint density at radius 2 is 2.00 bits per heavy atom. The zero-order chi connectivity index (χ0) is 16.6. The van der Waals surface area contributed by atoms with Crippen LogP contribution in [0.5, 0.6) is 0 Å². The normalized spacial score (nSPS) is 17.8. The van der Waals surface area contributed by atoms with Gasteiger partial charge in [0.05, 0.1) is 18.3 Å². The summed E-state index contributed by atoms with van der Waals surface area (Å²) >= 11 is 0. The van der Waals surface area contributed by atoms with E-state index in [1.807, 2.05) is 30.3 Å². The maximum Gasteiger partial charge on any atom is 0.238 e. The van der Waals surface area contributed by atoms with Crippen molar-refractivity contribution in [2.75, 3.05) is 6.26 Å². The number of carbonyl (C=O) groups is 1. The number of benzene rings is 1. The van der Waals surface area contributed by atoms with Gasteiger partial charge >= 0.3 is 0 Å². The first-order valence-corrected chi connectivity index (χ1v) is 9.49. The minimum atomic E-state index is -3.43. The highest BCUT2D eigenvalue weighted by Gasteiger charge is 2.36. The predicted molar refractivity (Wildman–Crippen MR) is 87.3 cm³/mol. The lowest BCUT2D eigenvalue weighted by atomic mass is 10.1. The van der Waals surface area contributed by atoms with Gasteiger partial charge < -0.3 is 9.73 Å². The Morgan fingerprint density at radius 3 is 2.61 bits per heavy atom. The molecular formula is C16H20N2O4S. The second-order valence-electron chi connectivity index (χ2n) is 6.12. The van der Waals surface area contributed by atoms with Crippen LogP contribution < -0.4 is 10.0 Å². The van der Waals surface area contributed by atoms with E-state index in [4.69, 9.17) is 4.42 Å². The van der Waals surface area contributed by atoms with Crippen LogP contribution in [0.2, 0.25) is 0 Å². The van der Waals surface area contributed by atoms with E-state index < -0.39 is 16.1 Å². The molecule has 1 aromatic heterocycles. The SMILES string of the molecule is C[C@@H](NS(C)(=O)=O)C(=O)N[C@H](c1cc2ccccc2o1)C1CC1. The fourth-order valence-corrected chi connectivity index (χ4v) is 3.41. The number of carbonyl (C=O) groups excluding carboxylic acids is 1. The molecule has 2 N–H and O–H groups in total. The maximum absolute atomic E-state index is 12.3. The molecule has 0 unspecified atom stereocenters. The predicted octanol–water partition coefficient (Wildman–Crippen LogP) is 1.94. The van der Waals surface area contributed by atoms with Crippen molar-refractivity contribution in [2.24, 2.45) is 5.92 Å². The van der Waals surface area contributed by atoms with Crippen LogP contribution in [-0.4, -0.2) is 26.6 Å². The number of hydrogen-bond acceptors (Lipinski definition) is 4. The van der Waals surface area contributed by atoms with Crippen LogP contribution in [0.25, 0.3) is 11.0 Å². The Kier molecular flexibility index (Phi) is 4.16. The molecule has 1 saturated carbocycles. The van der Waals surface area contributed by atoms with Crippen LogP contribution in [0, 0.1) is 5.92 Å². The summed E-state index contributed by atoms with van der Waals surface area (Å²) < 4.78 is 30.7. The van der Waals surface area contributed by atoms with Crippen LogP contribution >= 0.6 is 0 Å². The summed E-state index contributed by atoms with van der Waals surface area (Å²) in [6, 6.07) is 8.57. The molecule has 3 rings (SSSR count). The number of para-hydroxylation sites is 1. The molecule has 6 nitrogen and oxygen atoms in total. The van der Waals surface area contributed by atoms with Gasteiger partial charge in [0.25, 0.3) is 0 Å². The standard InChI is InChI=1S/C16H20N2O4S/c1-10(18-23(2,20)21)16(19)17-15(11-7-8-11)14-9-12-5-3-4-6-13(12)22-14/h3-6,9-11,15,18H,7-8H2,1-2H3,(H,17,19)/t10-,15+/m1/s1. The van der Waals surface area contributed by atoms with E-state index in [0.717, 1.165) is 30.1 Å². The molecule has 1 fully saturated rings. The summed E-state index contributed by atoms with van der Waals surface area (Å²) in [5.41, 5.74) is 0.782. The number of nitrogens with one attached hydrogen (secondary N) is 2. The lowest BCUT2D eigenvalue weighted by Crippen LogP contribution is -2.45. The first-order valence-electron chi connectivity index (χ1n) is 7.59. The van der Waals surface area contributed by atoms with E-state index in [-0.39, 0.29) is 11.9 Å². The van der Waals surface area contributed by atoms with Crippen LogP contribution in [0.1, 0.15) is 31.6 Å². The first-order chi connectivity index (χ1) is 10.8. The molecule has 0 bridgehead atoms. The fourth-order valence-electron chi connectivity index (χ4n) is 2.66. The molecule has 7 heteroatoms. The lowest BCUT2D eigenvalue weighted by Gasteiger charge is -2.19. The van der Waals surface area contributed by atoms with E-state index in [1.165, 1.54) is 6.92 Å². The molecule has 124 valence electrons. The third-order valence-electron chi connectivity index (χ3n) is 3.93. The molecule has 0 aliphatic heterocycles. The monoisotopic (exact) mass is 336 g/mol. The molecule has 1 heterocycles.